The maximum Gasteiger partial charge on any atom is 0.157 e. The third-order valence-corrected chi connectivity index (χ3v) is 2.29. The van der Waals surface area contributed by atoms with E-state index < -0.39 is 6.10 Å². The van der Waals surface area contributed by atoms with Crippen LogP contribution in [0.5, 0.6) is 0 Å². The van der Waals surface area contributed by atoms with Crippen molar-refractivity contribution in [3.05, 3.63) is 41.7 Å². The summed E-state index contributed by atoms with van der Waals surface area (Å²) in [5, 5.41) is 14.0. The summed E-state index contributed by atoms with van der Waals surface area (Å²) in [6, 6.07) is 0. The highest BCUT2D eigenvalue weighted by atomic mass is 16.3. The van der Waals surface area contributed by atoms with Gasteiger partial charge in [-0.1, -0.05) is 0 Å². The van der Waals surface area contributed by atoms with Gasteiger partial charge in [-0.15, -0.1) is 0 Å². The zero-order valence-corrected chi connectivity index (χ0v) is 9.33. The second kappa shape index (κ2) is 4.40. The standard InChI is InChI=1S/C11H14N4O/c1-8-4-12-11(13-5-8)10(16)3-9-6-14-15(2)7-9/h4-7,10,16H,3H2,1-2H3. The van der Waals surface area contributed by atoms with Crippen LogP contribution in [0.1, 0.15) is 23.1 Å². The average molecular weight is 218 g/mol. The van der Waals surface area contributed by atoms with Crippen molar-refractivity contribution >= 4 is 0 Å². The van der Waals surface area contributed by atoms with E-state index in [4.69, 9.17) is 0 Å². The molecule has 0 fully saturated rings. The first kappa shape index (κ1) is 10.8. The first-order valence-corrected chi connectivity index (χ1v) is 5.09. The molecule has 0 saturated carbocycles. The minimum absolute atomic E-state index is 0.453. The summed E-state index contributed by atoms with van der Waals surface area (Å²) in [5.74, 6) is 0.453. The fourth-order valence-corrected chi connectivity index (χ4v) is 1.47. The van der Waals surface area contributed by atoms with Gasteiger partial charge in [0.25, 0.3) is 0 Å². The van der Waals surface area contributed by atoms with Gasteiger partial charge in [0.05, 0.1) is 6.20 Å². The number of aryl methyl sites for hydroxylation is 2. The van der Waals surface area contributed by atoms with Crippen LogP contribution >= 0.6 is 0 Å². The van der Waals surface area contributed by atoms with Crippen molar-refractivity contribution in [1.82, 2.24) is 19.7 Å². The Morgan fingerprint density at radius 2 is 2.00 bits per heavy atom. The van der Waals surface area contributed by atoms with Gasteiger partial charge >= 0.3 is 0 Å². The fourth-order valence-electron chi connectivity index (χ4n) is 1.47. The predicted octanol–water partition coefficient (Wildman–Crippen LogP) is 0.795. The Hall–Kier alpha value is -1.75. The van der Waals surface area contributed by atoms with Gasteiger partial charge < -0.3 is 5.11 Å². The summed E-state index contributed by atoms with van der Waals surface area (Å²) in [6.45, 7) is 1.91. The molecule has 5 heteroatoms. The van der Waals surface area contributed by atoms with E-state index in [1.54, 1.807) is 23.3 Å². The Kier molecular flexibility index (Phi) is 2.96. The number of aromatic nitrogens is 4. The molecule has 0 aliphatic carbocycles. The number of hydrogen-bond donors (Lipinski definition) is 1. The van der Waals surface area contributed by atoms with Crippen LogP contribution in [-0.2, 0) is 13.5 Å². The van der Waals surface area contributed by atoms with Crippen LogP contribution in [0.4, 0.5) is 0 Å². The Morgan fingerprint density at radius 1 is 1.31 bits per heavy atom. The van der Waals surface area contributed by atoms with Crippen LogP contribution in [0.15, 0.2) is 24.8 Å². The summed E-state index contributed by atoms with van der Waals surface area (Å²) < 4.78 is 1.71. The fraction of sp³-hybridized carbons (Fsp3) is 0.364. The molecule has 0 bridgehead atoms. The smallest absolute Gasteiger partial charge is 0.157 e. The lowest BCUT2D eigenvalue weighted by Crippen LogP contribution is -2.06. The van der Waals surface area contributed by atoms with E-state index in [0.717, 1.165) is 11.1 Å². The Labute approximate surface area is 93.8 Å². The molecule has 0 aliphatic rings. The molecule has 2 aromatic heterocycles. The summed E-state index contributed by atoms with van der Waals surface area (Å²) in [6.07, 6.45) is 6.82. The van der Waals surface area contributed by atoms with E-state index in [9.17, 15) is 5.11 Å². The molecular weight excluding hydrogens is 204 g/mol. The van der Waals surface area contributed by atoms with E-state index >= 15 is 0 Å². The van der Waals surface area contributed by atoms with Gasteiger partial charge in [-0.05, 0) is 18.1 Å². The first-order valence-electron chi connectivity index (χ1n) is 5.09. The monoisotopic (exact) mass is 218 g/mol. The predicted molar refractivity (Wildman–Crippen MR) is 58.6 cm³/mol. The molecule has 2 rings (SSSR count). The summed E-state index contributed by atoms with van der Waals surface area (Å²) in [4.78, 5) is 8.19. The SMILES string of the molecule is Cc1cnc(C(O)Cc2cnn(C)c2)nc1. The molecule has 0 aromatic carbocycles. The molecule has 2 heterocycles. The van der Waals surface area contributed by atoms with E-state index in [2.05, 4.69) is 15.1 Å². The van der Waals surface area contributed by atoms with Crippen LogP contribution in [0.25, 0.3) is 0 Å². The third-order valence-electron chi connectivity index (χ3n) is 2.29. The zero-order chi connectivity index (χ0) is 11.5. The van der Waals surface area contributed by atoms with E-state index in [1.807, 2.05) is 20.2 Å². The average Bonchev–Trinajstić information content (AvgIpc) is 2.65. The maximum atomic E-state index is 9.91. The van der Waals surface area contributed by atoms with Crippen molar-refractivity contribution in [2.45, 2.75) is 19.4 Å². The lowest BCUT2D eigenvalue weighted by molar-refractivity contribution is 0.168. The second-order valence-corrected chi connectivity index (χ2v) is 3.86. The van der Waals surface area contributed by atoms with Crippen LogP contribution < -0.4 is 0 Å². The van der Waals surface area contributed by atoms with Crippen molar-refractivity contribution in [2.24, 2.45) is 7.05 Å². The Morgan fingerprint density at radius 3 is 2.56 bits per heavy atom. The van der Waals surface area contributed by atoms with E-state index in [-0.39, 0.29) is 0 Å². The molecule has 1 N–H and O–H groups in total. The van der Waals surface area contributed by atoms with Crippen molar-refractivity contribution in [2.75, 3.05) is 0 Å². The molecule has 0 aliphatic heterocycles. The van der Waals surface area contributed by atoms with Crippen LogP contribution in [0, 0.1) is 6.92 Å². The molecule has 0 saturated heterocycles. The van der Waals surface area contributed by atoms with Crippen LogP contribution in [0.2, 0.25) is 0 Å². The van der Waals surface area contributed by atoms with Gasteiger partial charge in [0.1, 0.15) is 6.10 Å². The number of aliphatic hydroxyl groups is 1. The molecular formula is C11H14N4O. The highest BCUT2D eigenvalue weighted by Crippen LogP contribution is 2.13. The minimum atomic E-state index is -0.676. The largest absolute Gasteiger partial charge is 0.385 e. The Balaban J connectivity index is 2.08. The van der Waals surface area contributed by atoms with Crippen molar-refractivity contribution in [3.8, 4) is 0 Å². The molecule has 5 nitrogen and oxygen atoms in total. The van der Waals surface area contributed by atoms with Crippen LogP contribution in [-0.4, -0.2) is 24.9 Å². The first-order chi connectivity index (χ1) is 7.65. The summed E-state index contributed by atoms with van der Waals surface area (Å²) in [5.41, 5.74) is 1.96. The van der Waals surface area contributed by atoms with Gasteiger partial charge in [0, 0.05) is 32.1 Å². The lowest BCUT2D eigenvalue weighted by Gasteiger charge is -2.07. The number of rotatable bonds is 3. The number of aliphatic hydroxyl groups excluding tert-OH is 1. The van der Waals surface area contributed by atoms with Crippen molar-refractivity contribution in [1.29, 1.82) is 0 Å². The molecule has 2 aromatic rings. The molecule has 1 atom stereocenters. The number of nitrogens with zero attached hydrogens (tertiary/aromatic N) is 4. The minimum Gasteiger partial charge on any atom is -0.385 e. The van der Waals surface area contributed by atoms with E-state index in [1.165, 1.54) is 0 Å². The normalized spacial score (nSPS) is 12.7. The van der Waals surface area contributed by atoms with Crippen LogP contribution in [0.3, 0.4) is 0 Å². The van der Waals surface area contributed by atoms with Gasteiger partial charge in [-0.3, -0.25) is 4.68 Å². The van der Waals surface area contributed by atoms with Crippen molar-refractivity contribution < 1.29 is 5.11 Å². The third kappa shape index (κ3) is 2.43. The molecule has 16 heavy (non-hydrogen) atoms. The summed E-state index contributed by atoms with van der Waals surface area (Å²) in [7, 11) is 1.85. The second-order valence-electron chi connectivity index (χ2n) is 3.86. The molecule has 1 unspecified atom stereocenters. The van der Waals surface area contributed by atoms with E-state index in [0.29, 0.717) is 12.2 Å². The number of hydrogen-bond acceptors (Lipinski definition) is 4. The topological polar surface area (TPSA) is 63.8 Å². The van der Waals surface area contributed by atoms with Gasteiger partial charge in [0.2, 0.25) is 0 Å². The summed E-state index contributed by atoms with van der Waals surface area (Å²) >= 11 is 0. The highest BCUT2D eigenvalue weighted by Gasteiger charge is 2.12. The molecule has 0 radical (unpaired) electrons. The van der Waals surface area contributed by atoms with Gasteiger partial charge in [-0.2, -0.15) is 5.10 Å². The lowest BCUT2D eigenvalue weighted by atomic mass is 10.1. The Bertz CT molecular complexity index is 463. The maximum absolute atomic E-state index is 9.91. The molecule has 84 valence electrons. The highest BCUT2D eigenvalue weighted by molar-refractivity contribution is 5.09. The van der Waals surface area contributed by atoms with Gasteiger partial charge in [-0.25, -0.2) is 9.97 Å². The van der Waals surface area contributed by atoms with Crippen molar-refractivity contribution in [3.63, 3.8) is 0 Å². The molecule has 0 amide bonds. The van der Waals surface area contributed by atoms with Gasteiger partial charge in [0.15, 0.2) is 5.82 Å². The quantitative estimate of drug-likeness (QED) is 0.827. The zero-order valence-electron chi connectivity index (χ0n) is 9.33. The molecule has 0 spiro atoms.